The number of methoxy groups -OCH3 is 1. The Balaban J connectivity index is 1.71. The maximum absolute atomic E-state index is 13.8. The van der Waals surface area contributed by atoms with Crippen LogP contribution in [0.3, 0.4) is 0 Å². The first-order chi connectivity index (χ1) is 17.7. The van der Waals surface area contributed by atoms with Crippen LogP contribution in [-0.2, 0) is 14.8 Å². The molecule has 2 aromatic rings. The van der Waals surface area contributed by atoms with Gasteiger partial charge in [-0.2, -0.15) is 4.31 Å². The number of aliphatic hydroxyl groups is 1. The summed E-state index contributed by atoms with van der Waals surface area (Å²) in [7, 11) is -0.169. The highest BCUT2D eigenvalue weighted by Crippen LogP contribution is 2.38. The lowest BCUT2D eigenvalue weighted by atomic mass is 9.98. The zero-order chi connectivity index (χ0) is 26.6. The molecule has 0 unspecified atom stereocenters. The molecule has 3 atom stereocenters. The maximum atomic E-state index is 13.8. The second-order valence-corrected chi connectivity index (χ2v) is 12.2. The first-order valence-corrected chi connectivity index (χ1v) is 14.5. The molecular weight excluding hydrogens is 492 g/mol. The Morgan fingerprint density at radius 2 is 1.89 bits per heavy atom. The van der Waals surface area contributed by atoms with Gasteiger partial charge in [-0.05, 0) is 56.5 Å². The number of para-hydroxylation sites is 1. The van der Waals surface area contributed by atoms with E-state index >= 15 is 0 Å². The number of sulfonamides is 1. The van der Waals surface area contributed by atoms with Crippen LogP contribution in [0.5, 0.6) is 11.5 Å². The van der Waals surface area contributed by atoms with Crippen LogP contribution in [0, 0.1) is 11.8 Å². The Morgan fingerprint density at radius 1 is 1.16 bits per heavy atom. The van der Waals surface area contributed by atoms with Crippen LogP contribution >= 0.6 is 0 Å². The lowest BCUT2D eigenvalue weighted by Crippen LogP contribution is -2.50. The van der Waals surface area contributed by atoms with Gasteiger partial charge in [0.05, 0.1) is 13.7 Å². The second-order valence-electron chi connectivity index (χ2n) is 10.4. The average Bonchev–Trinajstić information content (AvgIpc) is 2.90. The van der Waals surface area contributed by atoms with Gasteiger partial charge >= 0.3 is 0 Å². The lowest BCUT2D eigenvalue weighted by Gasteiger charge is -2.38. The molecule has 9 heteroatoms. The van der Waals surface area contributed by atoms with Crippen molar-refractivity contribution >= 4 is 10.0 Å². The summed E-state index contributed by atoms with van der Waals surface area (Å²) < 4.78 is 46.6. The molecule has 2 aliphatic rings. The molecule has 0 spiro atoms. The maximum Gasteiger partial charge on any atom is 0.247 e. The van der Waals surface area contributed by atoms with Gasteiger partial charge < -0.3 is 24.2 Å². The van der Waals surface area contributed by atoms with Crippen LogP contribution in [0.25, 0.3) is 11.1 Å². The molecule has 2 heterocycles. The van der Waals surface area contributed by atoms with Crippen molar-refractivity contribution in [2.75, 3.05) is 53.6 Å². The third kappa shape index (κ3) is 6.29. The quantitative estimate of drug-likeness (QED) is 0.557. The van der Waals surface area contributed by atoms with E-state index in [0.29, 0.717) is 24.0 Å². The smallest absolute Gasteiger partial charge is 0.247 e. The zero-order valence-corrected chi connectivity index (χ0v) is 23.1. The topological polar surface area (TPSA) is 88.5 Å². The van der Waals surface area contributed by atoms with Crippen molar-refractivity contribution < 1.29 is 27.7 Å². The van der Waals surface area contributed by atoms with Crippen molar-refractivity contribution in [2.24, 2.45) is 11.8 Å². The summed E-state index contributed by atoms with van der Waals surface area (Å²) in [6.07, 6.45) is 1.87. The van der Waals surface area contributed by atoms with Crippen molar-refractivity contribution in [3.63, 3.8) is 0 Å². The molecule has 0 aromatic heterocycles. The number of fused-ring (bicyclic) bond motifs is 1. The minimum absolute atomic E-state index is 0.0935. The number of rotatable bonds is 8. The highest BCUT2D eigenvalue weighted by molar-refractivity contribution is 7.89. The Hall–Kier alpha value is -2.17. The zero-order valence-electron chi connectivity index (χ0n) is 22.3. The van der Waals surface area contributed by atoms with E-state index < -0.39 is 16.1 Å². The van der Waals surface area contributed by atoms with Gasteiger partial charge in [0.25, 0.3) is 0 Å². The lowest BCUT2D eigenvalue weighted by molar-refractivity contribution is 0.0402. The second kappa shape index (κ2) is 12.1. The fourth-order valence-electron chi connectivity index (χ4n) is 5.25. The fraction of sp³-hybridized carbons (Fsp3) is 0.571. The van der Waals surface area contributed by atoms with Crippen molar-refractivity contribution in [3.8, 4) is 22.6 Å². The highest BCUT2D eigenvalue weighted by atomic mass is 32.2. The largest absolute Gasteiger partial charge is 0.496 e. The summed E-state index contributed by atoms with van der Waals surface area (Å²) in [4.78, 5) is 2.41. The molecule has 1 fully saturated rings. The molecular formula is C28H40N2O6S. The van der Waals surface area contributed by atoms with E-state index in [-0.39, 0.29) is 30.1 Å². The molecule has 1 N–H and O–H groups in total. The molecule has 0 radical (unpaired) electrons. The van der Waals surface area contributed by atoms with Gasteiger partial charge in [0.1, 0.15) is 22.5 Å². The Labute approximate surface area is 221 Å². The van der Waals surface area contributed by atoms with Gasteiger partial charge in [0.15, 0.2) is 0 Å². The summed E-state index contributed by atoms with van der Waals surface area (Å²) >= 11 is 0. The van der Waals surface area contributed by atoms with Gasteiger partial charge in [0, 0.05) is 50.4 Å². The Bertz CT molecular complexity index is 1150. The minimum atomic E-state index is -3.89. The van der Waals surface area contributed by atoms with Gasteiger partial charge in [-0.1, -0.05) is 31.2 Å². The molecule has 37 heavy (non-hydrogen) atoms. The normalized spacial score (nSPS) is 23.5. The molecule has 0 saturated carbocycles. The van der Waals surface area contributed by atoms with Crippen molar-refractivity contribution in [1.82, 2.24) is 9.21 Å². The number of hydrogen-bond acceptors (Lipinski definition) is 7. The summed E-state index contributed by atoms with van der Waals surface area (Å²) in [5.74, 6) is 1.52. The van der Waals surface area contributed by atoms with E-state index in [1.54, 1.807) is 32.2 Å². The monoisotopic (exact) mass is 532 g/mol. The van der Waals surface area contributed by atoms with E-state index in [1.165, 1.54) is 4.31 Å². The molecule has 2 aliphatic heterocycles. The van der Waals surface area contributed by atoms with Crippen molar-refractivity contribution in [1.29, 1.82) is 0 Å². The summed E-state index contributed by atoms with van der Waals surface area (Å²) in [5, 5.41) is 9.89. The van der Waals surface area contributed by atoms with E-state index in [1.807, 2.05) is 31.2 Å². The predicted octanol–water partition coefficient (Wildman–Crippen LogP) is 3.49. The number of ether oxygens (including phenoxy) is 3. The molecule has 8 nitrogen and oxygen atoms in total. The number of hydrogen-bond donors (Lipinski definition) is 1. The van der Waals surface area contributed by atoms with Crippen LogP contribution in [0.15, 0.2) is 47.4 Å². The summed E-state index contributed by atoms with van der Waals surface area (Å²) in [6, 6.07) is 12.3. The molecule has 2 aromatic carbocycles. The number of likely N-dealkylation sites (N-methyl/N-ethyl adjacent to an activating group) is 1. The molecule has 0 amide bonds. The molecule has 1 saturated heterocycles. The van der Waals surface area contributed by atoms with Crippen LogP contribution in [0.4, 0.5) is 0 Å². The summed E-state index contributed by atoms with van der Waals surface area (Å²) in [5.41, 5.74) is 1.67. The van der Waals surface area contributed by atoms with Crippen LogP contribution < -0.4 is 9.47 Å². The third-order valence-corrected chi connectivity index (χ3v) is 9.51. The third-order valence-electron chi connectivity index (χ3n) is 7.49. The molecule has 4 rings (SSSR count). The van der Waals surface area contributed by atoms with E-state index in [9.17, 15) is 13.5 Å². The van der Waals surface area contributed by atoms with Gasteiger partial charge in [-0.25, -0.2) is 8.42 Å². The van der Waals surface area contributed by atoms with Crippen LogP contribution in [0.1, 0.15) is 26.7 Å². The number of benzene rings is 2. The highest BCUT2D eigenvalue weighted by Gasteiger charge is 2.38. The van der Waals surface area contributed by atoms with Crippen molar-refractivity contribution in [2.45, 2.75) is 43.7 Å². The first-order valence-electron chi connectivity index (χ1n) is 13.1. The van der Waals surface area contributed by atoms with Gasteiger partial charge in [-0.15, -0.1) is 0 Å². The van der Waals surface area contributed by atoms with E-state index in [0.717, 1.165) is 43.7 Å². The van der Waals surface area contributed by atoms with E-state index in [2.05, 4.69) is 11.9 Å². The molecule has 0 bridgehead atoms. The average molecular weight is 533 g/mol. The predicted molar refractivity (Wildman–Crippen MR) is 143 cm³/mol. The number of aliphatic hydroxyl groups excluding tert-OH is 1. The van der Waals surface area contributed by atoms with Crippen LogP contribution in [-0.4, -0.2) is 88.5 Å². The van der Waals surface area contributed by atoms with Crippen molar-refractivity contribution in [3.05, 3.63) is 42.5 Å². The SMILES string of the molecule is COc1ccccc1-c1ccc2c(c1)O[C@@H](CN(C)CC1CCOCC1)[C@H](C)CN([C@@H](C)CO)S2(=O)=O. The van der Waals surface area contributed by atoms with Gasteiger partial charge in [0.2, 0.25) is 10.0 Å². The number of nitrogens with zero attached hydrogens (tertiary/aromatic N) is 2. The molecule has 204 valence electrons. The minimum Gasteiger partial charge on any atom is -0.496 e. The molecule has 0 aliphatic carbocycles. The first kappa shape index (κ1) is 27.9. The fourth-order valence-corrected chi connectivity index (χ4v) is 7.07. The Morgan fingerprint density at radius 3 is 2.59 bits per heavy atom. The Kier molecular flexibility index (Phi) is 9.13. The summed E-state index contributed by atoms with van der Waals surface area (Å²) in [6.45, 7) is 7.00. The standard InChI is InChI=1S/C28H40N2O6S/c1-20-16-30(21(2)19-31)37(32,33)28-10-9-23(24-7-5-6-8-25(24)34-4)15-26(28)36-27(20)18-29(3)17-22-11-13-35-14-12-22/h5-10,15,20-22,27,31H,11-14,16-19H2,1-4H3/t20-,21+,27+/m1/s1. The van der Waals surface area contributed by atoms with E-state index in [4.69, 9.17) is 14.2 Å². The van der Waals surface area contributed by atoms with Crippen LogP contribution in [0.2, 0.25) is 0 Å². The van der Waals surface area contributed by atoms with Gasteiger partial charge in [-0.3, -0.25) is 0 Å².